The maximum absolute atomic E-state index is 12.8. The SMILES string of the molecule is O=C1C=C(O)C(=O)c2cc(F)ccc21. The fraction of sp³-hybridized carbons (Fsp3) is 0. The maximum atomic E-state index is 12.8. The first-order valence-electron chi connectivity index (χ1n) is 3.89. The number of fused-ring (bicyclic) bond motifs is 1. The van der Waals surface area contributed by atoms with E-state index in [-0.39, 0.29) is 11.1 Å². The van der Waals surface area contributed by atoms with Gasteiger partial charge in [0.15, 0.2) is 11.5 Å². The summed E-state index contributed by atoms with van der Waals surface area (Å²) in [5.74, 6) is -2.47. The Labute approximate surface area is 78.5 Å². The second-order valence-corrected chi connectivity index (χ2v) is 2.91. The van der Waals surface area contributed by atoms with Gasteiger partial charge in [0, 0.05) is 17.2 Å². The third-order valence-corrected chi connectivity index (χ3v) is 1.99. The summed E-state index contributed by atoms with van der Waals surface area (Å²) >= 11 is 0. The molecule has 70 valence electrons. The van der Waals surface area contributed by atoms with Crippen LogP contribution in [0.2, 0.25) is 0 Å². The van der Waals surface area contributed by atoms with E-state index in [0.717, 1.165) is 18.2 Å². The maximum Gasteiger partial charge on any atom is 0.228 e. The molecule has 0 fully saturated rings. The largest absolute Gasteiger partial charge is 0.504 e. The number of allylic oxidation sites excluding steroid dienone is 2. The molecule has 1 aliphatic rings. The Hall–Kier alpha value is -1.97. The van der Waals surface area contributed by atoms with Crippen molar-refractivity contribution < 1.29 is 19.1 Å². The van der Waals surface area contributed by atoms with Crippen molar-refractivity contribution >= 4 is 11.6 Å². The molecule has 14 heavy (non-hydrogen) atoms. The molecule has 0 saturated carbocycles. The third-order valence-electron chi connectivity index (χ3n) is 1.99. The molecule has 0 aliphatic heterocycles. The number of carbonyl (C=O) groups is 2. The molecule has 0 amide bonds. The molecule has 1 aromatic rings. The van der Waals surface area contributed by atoms with Crippen molar-refractivity contribution in [1.29, 1.82) is 0 Å². The lowest BCUT2D eigenvalue weighted by molar-refractivity contribution is 0.0939. The predicted molar refractivity (Wildman–Crippen MR) is 45.8 cm³/mol. The Bertz CT molecular complexity index is 474. The highest BCUT2D eigenvalue weighted by Crippen LogP contribution is 2.20. The Morgan fingerprint density at radius 2 is 1.86 bits per heavy atom. The van der Waals surface area contributed by atoms with E-state index in [9.17, 15) is 14.0 Å². The van der Waals surface area contributed by atoms with Crippen molar-refractivity contribution in [1.82, 2.24) is 0 Å². The van der Waals surface area contributed by atoms with Crippen LogP contribution in [0, 0.1) is 5.82 Å². The van der Waals surface area contributed by atoms with Gasteiger partial charge in [-0.3, -0.25) is 9.59 Å². The standard InChI is InChI=1S/C10H5FO3/c11-5-1-2-6-7(3-5)10(14)9(13)4-8(6)12/h1-4,13H. The van der Waals surface area contributed by atoms with E-state index in [1.54, 1.807) is 0 Å². The van der Waals surface area contributed by atoms with E-state index in [1.807, 2.05) is 0 Å². The van der Waals surface area contributed by atoms with Gasteiger partial charge in [-0.2, -0.15) is 0 Å². The summed E-state index contributed by atoms with van der Waals surface area (Å²) in [6.07, 6.45) is 0.836. The van der Waals surface area contributed by atoms with Crippen LogP contribution < -0.4 is 0 Å². The number of halogens is 1. The smallest absolute Gasteiger partial charge is 0.228 e. The van der Waals surface area contributed by atoms with E-state index < -0.39 is 23.1 Å². The molecule has 4 heteroatoms. The fourth-order valence-electron chi connectivity index (χ4n) is 1.32. The minimum atomic E-state index is -0.723. The summed E-state index contributed by atoms with van der Waals surface area (Å²) < 4.78 is 12.8. The van der Waals surface area contributed by atoms with Crippen molar-refractivity contribution in [2.24, 2.45) is 0 Å². The van der Waals surface area contributed by atoms with Gasteiger partial charge < -0.3 is 5.11 Å². The summed E-state index contributed by atoms with van der Waals surface area (Å²) in [6, 6.07) is 3.27. The molecule has 3 nitrogen and oxygen atoms in total. The molecule has 1 N–H and O–H groups in total. The average molecular weight is 192 g/mol. The van der Waals surface area contributed by atoms with Gasteiger partial charge in [-0.15, -0.1) is 0 Å². The van der Waals surface area contributed by atoms with Gasteiger partial charge in [0.2, 0.25) is 5.78 Å². The first-order valence-corrected chi connectivity index (χ1v) is 3.89. The van der Waals surface area contributed by atoms with E-state index in [1.165, 1.54) is 6.07 Å². The van der Waals surface area contributed by atoms with Crippen LogP contribution in [0.5, 0.6) is 0 Å². The molecule has 0 aromatic heterocycles. The molecule has 1 aromatic carbocycles. The first-order chi connectivity index (χ1) is 6.59. The topological polar surface area (TPSA) is 54.4 Å². The van der Waals surface area contributed by atoms with E-state index in [2.05, 4.69) is 0 Å². The lowest BCUT2D eigenvalue weighted by Gasteiger charge is -2.10. The lowest BCUT2D eigenvalue weighted by atomic mass is 9.94. The number of carbonyl (C=O) groups excluding carboxylic acids is 2. The zero-order valence-electron chi connectivity index (χ0n) is 6.95. The van der Waals surface area contributed by atoms with Crippen LogP contribution in [0.1, 0.15) is 20.7 Å². The van der Waals surface area contributed by atoms with Gasteiger partial charge in [0.25, 0.3) is 0 Å². The molecule has 2 rings (SSSR count). The van der Waals surface area contributed by atoms with Crippen LogP contribution in [0.3, 0.4) is 0 Å². The van der Waals surface area contributed by atoms with Gasteiger partial charge in [-0.05, 0) is 18.2 Å². The lowest BCUT2D eigenvalue weighted by Crippen LogP contribution is -2.16. The molecular weight excluding hydrogens is 187 g/mol. The highest BCUT2D eigenvalue weighted by Gasteiger charge is 2.25. The van der Waals surface area contributed by atoms with Crippen LogP contribution in [0.4, 0.5) is 4.39 Å². The molecule has 0 heterocycles. The van der Waals surface area contributed by atoms with Gasteiger partial charge in [-0.25, -0.2) is 4.39 Å². The zero-order valence-corrected chi connectivity index (χ0v) is 6.95. The second-order valence-electron chi connectivity index (χ2n) is 2.91. The van der Waals surface area contributed by atoms with Crippen LogP contribution >= 0.6 is 0 Å². The Kier molecular flexibility index (Phi) is 1.70. The van der Waals surface area contributed by atoms with Crippen molar-refractivity contribution in [3.05, 3.63) is 47.0 Å². The van der Waals surface area contributed by atoms with Crippen molar-refractivity contribution in [3.63, 3.8) is 0 Å². The number of ketones is 2. The number of Topliss-reactive ketones (excluding diaryl/α,β-unsaturated/α-hetero) is 1. The van der Waals surface area contributed by atoms with Gasteiger partial charge in [0.1, 0.15) is 5.82 Å². The molecule has 0 radical (unpaired) electrons. The highest BCUT2D eigenvalue weighted by molar-refractivity contribution is 6.23. The normalized spacial score (nSPS) is 15.1. The van der Waals surface area contributed by atoms with Crippen molar-refractivity contribution in [2.75, 3.05) is 0 Å². The van der Waals surface area contributed by atoms with Gasteiger partial charge in [-0.1, -0.05) is 0 Å². The number of rotatable bonds is 0. The number of hydrogen-bond acceptors (Lipinski definition) is 3. The first kappa shape index (κ1) is 8.62. The zero-order chi connectivity index (χ0) is 10.3. The number of benzene rings is 1. The van der Waals surface area contributed by atoms with Gasteiger partial charge >= 0.3 is 0 Å². The summed E-state index contributed by atoms with van der Waals surface area (Å²) in [7, 11) is 0. The molecule has 0 bridgehead atoms. The molecule has 0 atom stereocenters. The molecule has 0 spiro atoms. The van der Waals surface area contributed by atoms with Crippen LogP contribution in [-0.4, -0.2) is 16.7 Å². The number of aliphatic hydroxyl groups is 1. The van der Waals surface area contributed by atoms with E-state index in [4.69, 9.17) is 5.11 Å². The second kappa shape index (κ2) is 2.77. The van der Waals surface area contributed by atoms with Crippen molar-refractivity contribution in [3.8, 4) is 0 Å². The number of hydrogen-bond donors (Lipinski definition) is 1. The van der Waals surface area contributed by atoms with E-state index >= 15 is 0 Å². The molecule has 0 unspecified atom stereocenters. The molecular formula is C10H5FO3. The highest BCUT2D eigenvalue weighted by atomic mass is 19.1. The van der Waals surface area contributed by atoms with Crippen LogP contribution in [-0.2, 0) is 0 Å². The quantitative estimate of drug-likeness (QED) is 0.679. The monoisotopic (exact) mass is 192 g/mol. The average Bonchev–Trinajstić information content (AvgIpc) is 2.14. The molecule has 0 saturated heterocycles. The summed E-state index contributed by atoms with van der Waals surface area (Å²) in [5.41, 5.74) is 0.0317. The van der Waals surface area contributed by atoms with Crippen LogP contribution in [0.25, 0.3) is 0 Å². The summed E-state index contributed by atoms with van der Waals surface area (Å²) in [5, 5.41) is 9.05. The third kappa shape index (κ3) is 1.12. The van der Waals surface area contributed by atoms with E-state index in [0.29, 0.717) is 0 Å². The minimum absolute atomic E-state index is 0.0880. The van der Waals surface area contributed by atoms with Gasteiger partial charge in [0.05, 0.1) is 0 Å². The minimum Gasteiger partial charge on any atom is -0.504 e. The Morgan fingerprint density at radius 3 is 2.57 bits per heavy atom. The summed E-state index contributed by atoms with van der Waals surface area (Å²) in [4.78, 5) is 22.5. The summed E-state index contributed by atoms with van der Waals surface area (Å²) in [6.45, 7) is 0. The Balaban J connectivity index is 2.69. The molecule has 1 aliphatic carbocycles. The van der Waals surface area contributed by atoms with Crippen molar-refractivity contribution in [2.45, 2.75) is 0 Å². The fourth-order valence-corrected chi connectivity index (χ4v) is 1.32. The number of aliphatic hydroxyl groups excluding tert-OH is 1. The van der Waals surface area contributed by atoms with Crippen LogP contribution in [0.15, 0.2) is 30.0 Å². The Morgan fingerprint density at radius 1 is 1.14 bits per heavy atom. The predicted octanol–water partition coefficient (Wildman–Crippen LogP) is 1.65.